The van der Waals surface area contributed by atoms with Gasteiger partial charge in [-0.25, -0.2) is 0 Å². The molecular formula is C20H15F3N2O4. The van der Waals surface area contributed by atoms with Crippen LogP contribution in [-0.2, 0) is 0 Å². The lowest BCUT2D eigenvalue weighted by molar-refractivity contribution is -0.153. The van der Waals surface area contributed by atoms with Gasteiger partial charge in [-0.1, -0.05) is 12.1 Å². The molecule has 150 valence electrons. The van der Waals surface area contributed by atoms with Crippen molar-refractivity contribution in [3.63, 3.8) is 0 Å². The molecule has 2 aromatic carbocycles. The zero-order valence-electron chi connectivity index (χ0n) is 14.8. The summed E-state index contributed by atoms with van der Waals surface area (Å²) >= 11 is 0. The summed E-state index contributed by atoms with van der Waals surface area (Å²) in [4.78, 5) is 26.3. The van der Waals surface area contributed by atoms with Gasteiger partial charge in [-0.15, -0.1) is 0 Å². The molecule has 0 aliphatic heterocycles. The molecule has 3 aromatic rings. The smallest absolute Gasteiger partial charge is 0.422 e. The number of rotatable bonds is 6. The van der Waals surface area contributed by atoms with E-state index in [9.17, 15) is 22.8 Å². The average Bonchev–Trinajstić information content (AvgIpc) is 2.67. The Kier molecular flexibility index (Phi) is 5.87. The minimum absolute atomic E-state index is 0.0370. The number of ether oxygens (including phenoxy) is 2. The Morgan fingerprint density at radius 3 is 2.38 bits per heavy atom. The lowest BCUT2D eigenvalue weighted by Gasteiger charge is -2.12. The number of benzene rings is 2. The second-order valence-corrected chi connectivity index (χ2v) is 5.87. The summed E-state index contributed by atoms with van der Waals surface area (Å²) in [6, 6.07) is 14.7. The summed E-state index contributed by atoms with van der Waals surface area (Å²) in [5.74, 6) is 0.0888. The van der Waals surface area contributed by atoms with Gasteiger partial charge >= 0.3 is 6.18 Å². The third-order valence-corrected chi connectivity index (χ3v) is 3.62. The number of halogens is 3. The Balaban J connectivity index is 1.72. The number of hydrogen-bond donors (Lipinski definition) is 2. The number of aromatic nitrogens is 1. The predicted octanol–water partition coefficient (Wildman–Crippen LogP) is 4.36. The number of amides is 1. The highest BCUT2D eigenvalue weighted by Gasteiger charge is 2.28. The summed E-state index contributed by atoms with van der Waals surface area (Å²) in [7, 11) is 0. The average molecular weight is 404 g/mol. The van der Waals surface area contributed by atoms with Gasteiger partial charge in [-0.05, 0) is 42.5 Å². The maximum Gasteiger partial charge on any atom is 0.422 e. The SMILES string of the molecule is O=C(Nc1cc[nH]c(=O)c1)c1ccccc1Oc1ccc(OCC(F)(F)F)cc1. The topological polar surface area (TPSA) is 80.4 Å². The van der Waals surface area contributed by atoms with Crippen molar-refractivity contribution in [2.75, 3.05) is 11.9 Å². The predicted molar refractivity (Wildman–Crippen MR) is 99.5 cm³/mol. The fourth-order valence-corrected chi connectivity index (χ4v) is 2.36. The minimum Gasteiger partial charge on any atom is -0.484 e. The molecule has 0 unspecified atom stereocenters. The number of H-pyrrole nitrogens is 1. The van der Waals surface area contributed by atoms with E-state index in [1.54, 1.807) is 24.3 Å². The number of carbonyl (C=O) groups excluding carboxylic acids is 1. The largest absolute Gasteiger partial charge is 0.484 e. The van der Waals surface area contributed by atoms with Crippen molar-refractivity contribution in [2.24, 2.45) is 0 Å². The van der Waals surface area contributed by atoms with Crippen molar-refractivity contribution in [1.82, 2.24) is 4.98 Å². The van der Waals surface area contributed by atoms with Crippen LogP contribution in [0.4, 0.5) is 18.9 Å². The van der Waals surface area contributed by atoms with Crippen LogP contribution < -0.4 is 20.3 Å². The number of pyridine rings is 1. The van der Waals surface area contributed by atoms with Crippen molar-refractivity contribution < 1.29 is 27.4 Å². The quantitative estimate of drug-likeness (QED) is 0.640. The van der Waals surface area contributed by atoms with Crippen molar-refractivity contribution in [3.8, 4) is 17.2 Å². The van der Waals surface area contributed by atoms with Gasteiger partial charge in [0.15, 0.2) is 6.61 Å². The summed E-state index contributed by atoms with van der Waals surface area (Å²) in [5.41, 5.74) is 0.171. The second kappa shape index (κ2) is 8.51. The van der Waals surface area contributed by atoms with Crippen LogP contribution in [-0.4, -0.2) is 23.7 Å². The Morgan fingerprint density at radius 1 is 1.00 bits per heavy atom. The van der Waals surface area contributed by atoms with E-state index in [1.807, 2.05) is 0 Å². The van der Waals surface area contributed by atoms with Crippen LogP contribution in [0.15, 0.2) is 71.7 Å². The molecule has 29 heavy (non-hydrogen) atoms. The molecule has 0 saturated carbocycles. The van der Waals surface area contributed by atoms with Crippen molar-refractivity contribution in [3.05, 3.63) is 82.8 Å². The van der Waals surface area contributed by atoms with Crippen LogP contribution in [0.25, 0.3) is 0 Å². The number of nitrogens with one attached hydrogen (secondary N) is 2. The molecule has 0 spiro atoms. The number of aromatic amines is 1. The maximum absolute atomic E-state index is 12.5. The van der Waals surface area contributed by atoms with E-state index >= 15 is 0 Å². The molecule has 0 aliphatic carbocycles. The number of para-hydroxylation sites is 1. The lowest BCUT2D eigenvalue weighted by atomic mass is 10.2. The molecule has 1 heterocycles. The Bertz CT molecular complexity index is 1050. The van der Waals surface area contributed by atoms with Gasteiger partial charge in [-0.2, -0.15) is 13.2 Å². The number of carbonyl (C=O) groups is 1. The van der Waals surface area contributed by atoms with Crippen LogP contribution in [0, 0.1) is 0 Å². The van der Waals surface area contributed by atoms with Crippen LogP contribution >= 0.6 is 0 Å². The Hall–Kier alpha value is -3.75. The highest BCUT2D eigenvalue weighted by atomic mass is 19.4. The van der Waals surface area contributed by atoms with Gasteiger partial charge in [-0.3, -0.25) is 9.59 Å². The fourth-order valence-electron chi connectivity index (χ4n) is 2.36. The van der Waals surface area contributed by atoms with Gasteiger partial charge < -0.3 is 19.8 Å². The normalized spacial score (nSPS) is 11.0. The van der Waals surface area contributed by atoms with Gasteiger partial charge in [0.2, 0.25) is 5.56 Å². The zero-order chi connectivity index (χ0) is 20.9. The second-order valence-electron chi connectivity index (χ2n) is 5.87. The van der Waals surface area contributed by atoms with E-state index < -0.39 is 18.7 Å². The fraction of sp³-hybridized carbons (Fsp3) is 0.100. The van der Waals surface area contributed by atoms with Crippen LogP contribution in [0.5, 0.6) is 17.2 Å². The monoisotopic (exact) mass is 404 g/mol. The maximum atomic E-state index is 12.5. The molecule has 3 rings (SSSR count). The number of hydrogen-bond acceptors (Lipinski definition) is 4. The summed E-state index contributed by atoms with van der Waals surface area (Å²) in [6.45, 7) is -1.39. The number of alkyl halides is 3. The first kappa shape index (κ1) is 20.0. The molecule has 9 heteroatoms. The van der Waals surface area contributed by atoms with E-state index in [0.29, 0.717) is 11.4 Å². The first-order chi connectivity index (χ1) is 13.8. The highest BCUT2D eigenvalue weighted by Crippen LogP contribution is 2.28. The van der Waals surface area contributed by atoms with E-state index in [2.05, 4.69) is 15.0 Å². The first-order valence-corrected chi connectivity index (χ1v) is 8.37. The van der Waals surface area contributed by atoms with Gasteiger partial charge in [0.1, 0.15) is 17.2 Å². The van der Waals surface area contributed by atoms with Gasteiger partial charge in [0, 0.05) is 18.0 Å². The summed E-state index contributed by atoms with van der Waals surface area (Å²) in [6.07, 6.45) is -3.02. The first-order valence-electron chi connectivity index (χ1n) is 8.37. The van der Waals surface area contributed by atoms with E-state index in [-0.39, 0.29) is 22.6 Å². The molecule has 1 aromatic heterocycles. The zero-order valence-corrected chi connectivity index (χ0v) is 14.8. The Morgan fingerprint density at radius 2 is 1.69 bits per heavy atom. The Labute approximate surface area is 162 Å². The molecule has 0 radical (unpaired) electrons. The molecule has 0 aliphatic rings. The van der Waals surface area contributed by atoms with Gasteiger partial charge in [0.05, 0.1) is 5.56 Å². The number of anilines is 1. The molecule has 6 nitrogen and oxygen atoms in total. The van der Waals surface area contributed by atoms with Crippen LogP contribution in [0.1, 0.15) is 10.4 Å². The highest BCUT2D eigenvalue weighted by molar-refractivity contribution is 6.06. The summed E-state index contributed by atoms with van der Waals surface area (Å²) < 4.78 is 46.9. The minimum atomic E-state index is -4.43. The molecule has 0 saturated heterocycles. The third-order valence-electron chi connectivity index (χ3n) is 3.62. The molecular weight excluding hydrogens is 389 g/mol. The van der Waals surface area contributed by atoms with E-state index in [0.717, 1.165) is 0 Å². The molecule has 2 N–H and O–H groups in total. The third kappa shape index (κ3) is 5.86. The molecule has 0 atom stereocenters. The van der Waals surface area contributed by atoms with Crippen molar-refractivity contribution in [1.29, 1.82) is 0 Å². The molecule has 0 fully saturated rings. The molecule has 1 amide bonds. The standard InChI is InChI=1S/C20H15F3N2O4/c21-20(22,23)12-28-14-5-7-15(8-6-14)29-17-4-2-1-3-16(17)19(27)25-13-9-10-24-18(26)11-13/h1-11H,12H2,(H2,24,25,26,27). The van der Waals surface area contributed by atoms with E-state index in [4.69, 9.17) is 4.74 Å². The van der Waals surface area contributed by atoms with Crippen molar-refractivity contribution in [2.45, 2.75) is 6.18 Å². The van der Waals surface area contributed by atoms with Crippen molar-refractivity contribution >= 4 is 11.6 Å². The summed E-state index contributed by atoms with van der Waals surface area (Å²) in [5, 5.41) is 2.60. The van der Waals surface area contributed by atoms with Gasteiger partial charge in [0.25, 0.3) is 5.91 Å². The van der Waals surface area contributed by atoms with Crippen LogP contribution in [0.2, 0.25) is 0 Å². The van der Waals surface area contributed by atoms with E-state index in [1.165, 1.54) is 42.6 Å². The molecule has 0 bridgehead atoms. The van der Waals surface area contributed by atoms with Crippen LogP contribution in [0.3, 0.4) is 0 Å². The lowest BCUT2D eigenvalue weighted by Crippen LogP contribution is -2.19.